The Hall–Kier alpha value is -2.84. The van der Waals surface area contributed by atoms with Crippen LogP contribution in [0.15, 0.2) is 66.7 Å². The molecule has 0 aliphatic carbocycles. The number of anilines is 2. The molecule has 32 heavy (non-hydrogen) atoms. The number of carbonyl (C=O) groups excluding carboxylic acids is 1. The average molecular weight is 473 g/mol. The molecule has 8 nitrogen and oxygen atoms in total. The van der Waals surface area contributed by atoms with Crippen molar-refractivity contribution in [1.29, 1.82) is 0 Å². The van der Waals surface area contributed by atoms with E-state index in [1.807, 2.05) is 60.7 Å². The summed E-state index contributed by atoms with van der Waals surface area (Å²) in [5.41, 5.74) is 1.70. The molecule has 0 unspecified atom stereocenters. The molecule has 0 aliphatic heterocycles. The molecule has 2 N–H and O–H groups in total. The van der Waals surface area contributed by atoms with Crippen LogP contribution in [0.3, 0.4) is 0 Å². The van der Waals surface area contributed by atoms with Crippen LogP contribution in [0, 0.1) is 0 Å². The van der Waals surface area contributed by atoms with Gasteiger partial charge in [0.05, 0.1) is 13.2 Å². The highest BCUT2D eigenvalue weighted by atomic mass is 32.1. The third-order valence-electron chi connectivity index (χ3n) is 4.14. The Balaban J connectivity index is 1.84. The van der Waals surface area contributed by atoms with Crippen molar-refractivity contribution in [2.24, 2.45) is 0 Å². The minimum atomic E-state index is -3.76. The van der Waals surface area contributed by atoms with Crippen LogP contribution in [0.1, 0.15) is 30.2 Å². The lowest BCUT2D eigenvalue weighted by atomic mass is 10.2. The van der Waals surface area contributed by atoms with Crippen LogP contribution < -0.4 is 10.6 Å². The van der Waals surface area contributed by atoms with E-state index in [1.54, 1.807) is 19.9 Å². The zero-order valence-electron chi connectivity index (χ0n) is 17.8. The molecule has 168 valence electrons. The largest absolute Gasteiger partial charge is 0.359 e. The Labute approximate surface area is 191 Å². The van der Waals surface area contributed by atoms with Gasteiger partial charge in [-0.05, 0) is 37.6 Å². The second-order valence-electron chi connectivity index (χ2n) is 6.47. The van der Waals surface area contributed by atoms with Crippen molar-refractivity contribution in [2.45, 2.75) is 19.6 Å². The molecule has 3 rings (SSSR count). The molecule has 0 fully saturated rings. The van der Waals surface area contributed by atoms with E-state index in [9.17, 15) is 9.36 Å². The summed E-state index contributed by atoms with van der Waals surface area (Å²) >= 11 is 1.17. The fourth-order valence-corrected chi connectivity index (χ4v) is 5.73. The molecule has 0 bridgehead atoms. The third kappa shape index (κ3) is 6.58. The maximum absolute atomic E-state index is 13.5. The minimum absolute atomic E-state index is 0.150. The first-order valence-corrected chi connectivity index (χ1v) is 12.5. The summed E-state index contributed by atoms with van der Waals surface area (Å²) in [7, 11) is -3.76. The molecular formula is C22H25N4O4PS. The Morgan fingerprint density at radius 1 is 1.03 bits per heavy atom. The highest BCUT2D eigenvalue weighted by molar-refractivity contribution is 7.54. The normalized spacial score (nSPS) is 12.6. The van der Waals surface area contributed by atoms with Gasteiger partial charge in [-0.15, -0.1) is 10.2 Å². The summed E-state index contributed by atoms with van der Waals surface area (Å²) in [6, 6.07) is 18.9. The van der Waals surface area contributed by atoms with E-state index in [0.717, 1.165) is 11.3 Å². The Morgan fingerprint density at radius 2 is 1.66 bits per heavy atom. The summed E-state index contributed by atoms with van der Waals surface area (Å²) in [6.45, 7) is 3.72. The van der Waals surface area contributed by atoms with Gasteiger partial charge in [-0.3, -0.25) is 9.36 Å². The number of aromatic nitrogens is 2. The van der Waals surface area contributed by atoms with Gasteiger partial charge in [0.25, 0.3) is 0 Å². The van der Waals surface area contributed by atoms with Crippen molar-refractivity contribution < 1.29 is 18.4 Å². The summed E-state index contributed by atoms with van der Waals surface area (Å²) in [6.07, 6.45) is 3.04. The molecule has 0 aliphatic rings. The predicted octanol–water partition coefficient (Wildman–Crippen LogP) is 5.38. The number of benzene rings is 2. The van der Waals surface area contributed by atoms with Crippen LogP contribution in [0.25, 0.3) is 6.08 Å². The molecule has 1 aromatic heterocycles. The van der Waals surface area contributed by atoms with Gasteiger partial charge >= 0.3 is 7.60 Å². The Morgan fingerprint density at radius 3 is 2.28 bits per heavy atom. The number of hydrogen-bond acceptors (Lipinski definition) is 8. The topological polar surface area (TPSA) is 102 Å². The summed E-state index contributed by atoms with van der Waals surface area (Å²) in [5.74, 6) is -1.55. The smallest absolute Gasteiger partial charge is 0.333 e. The van der Waals surface area contributed by atoms with Crippen molar-refractivity contribution in [3.63, 3.8) is 0 Å². The number of hydrogen-bond donors (Lipinski definition) is 2. The van der Waals surface area contributed by atoms with Gasteiger partial charge in [-0.1, -0.05) is 59.9 Å². The van der Waals surface area contributed by atoms with E-state index in [0.29, 0.717) is 10.1 Å². The van der Waals surface area contributed by atoms with E-state index in [-0.39, 0.29) is 13.2 Å². The third-order valence-corrected chi connectivity index (χ3v) is 7.46. The zero-order valence-corrected chi connectivity index (χ0v) is 19.5. The van der Waals surface area contributed by atoms with Crippen LogP contribution >= 0.6 is 18.9 Å². The number of para-hydroxylation sites is 1. The van der Waals surface area contributed by atoms with Crippen molar-refractivity contribution in [3.8, 4) is 0 Å². The maximum atomic E-state index is 13.5. The molecule has 1 atom stereocenters. The lowest BCUT2D eigenvalue weighted by Gasteiger charge is -2.24. The van der Waals surface area contributed by atoms with Gasteiger partial charge in [-0.2, -0.15) is 0 Å². The van der Waals surface area contributed by atoms with Crippen LogP contribution in [0.5, 0.6) is 0 Å². The van der Waals surface area contributed by atoms with E-state index in [4.69, 9.17) is 9.05 Å². The van der Waals surface area contributed by atoms with Crippen molar-refractivity contribution in [1.82, 2.24) is 15.5 Å². The SMILES string of the molecule is CCOP(=O)(OCC)[C@H](NC(=O)/C=C/c1ccccc1)c1nnc(Nc2ccccc2)s1. The van der Waals surface area contributed by atoms with Gasteiger partial charge in [0.15, 0.2) is 10.8 Å². The number of rotatable bonds is 11. The lowest BCUT2D eigenvalue weighted by Crippen LogP contribution is -2.28. The first kappa shape index (κ1) is 23.8. The van der Waals surface area contributed by atoms with Crippen LogP contribution in [-0.4, -0.2) is 29.3 Å². The fourth-order valence-electron chi connectivity index (χ4n) is 2.78. The van der Waals surface area contributed by atoms with E-state index >= 15 is 0 Å². The number of nitrogens with one attached hydrogen (secondary N) is 2. The number of amides is 1. The Kier molecular flexibility index (Phi) is 8.70. The molecule has 2 aromatic carbocycles. The van der Waals surface area contributed by atoms with E-state index in [2.05, 4.69) is 20.8 Å². The monoisotopic (exact) mass is 472 g/mol. The maximum Gasteiger partial charge on any atom is 0.359 e. The molecule has 0 saturated carbocycles. The van der Waals surface area contributed by atoms with Gasteiger partial charge in [0, 0.05) is 11.8 Å². The zero-order chi connectivity index (χ0) is 22.8. The standard InChI is InChI=1S/C22H25N4O4PS/c1-3-29-31(28,30-4-2)20(24-19(27)16-15-17-11-7-5-8-12-17)21-25-26-22(32-21)23-18-13-9-6-10-14-18/h5-16,20H,3-4H2,1-2H3,(H,23,26)(H,24,27)/b16-15+/t20-/m0/s1. The first-order valence-electron chi connectivity index (χ1n) is 10.1. The minimum Gasteiger partial charge on any atom is -0.333 e. The summed E-state index contributed by atoms with van der Waals surface area (Å²) in [5, 5.41) is 15.0. The van der Waals surface area contributed by atoms with Crippen LogP contribution in [0.4, 0.5) is 10.8 Å². The van der Waals surface area contributed by atoms with Crippen molar-refractivity contribution in [3.05, 3.63) is 77.3 Å². The molecule has 0 radical (unpaired) electrons. The number of nitrogens with zero attached hydrogens (tertiary/aromatic N) is 2. The molecular weight excluding hydrogens is 447 g/mol. The van der Waals surface area contributed by atoms with E-state index < -0.39 is 19.3 Å². The lowest BCUT2D eigenvalue weighted by molar-refractivity contribution is -0.116. The predicted molar refractivity (Wildman–Crippen MR) is 127 cm³/mol. The average Bonchev–Trinajstić information content (AvgIpc) is 3.25. The van der Waals surface area contributed by atoms with Crippen molar-refractivity contribution in [2.75, 3.05) is 18.5 Å². The van der Waals surface area contributed by atoms with Crippen LogP contribution in [0.2, 0.25) is 0 Å². The molecule has 1 amide bonds. The second kappa shape index (κ2) is 11.7. The Bertz CT molecular complexity index is 1070. The van der Waals surface area contributed by atoms with Gasteiger partial charge in [-0.25, -0.2) is 0 Å². The van der Waals surface area contributed by atoms with Gasteiger partial charge in [0.2, 0.25) is 11.0 Å². The van der Waals surface area contributed by atoms with Gasteiger partial charge < -0.3 is 19.7 Å². The molecule has 1 heterocycles. The first-order chi connectivity index (χ1) is 15.5. The van der Waals surface area contributed by atoms with Crippen molar-refractivity contribution >= 4 is 41.7 Å². The molecule has 10 heteroatoms. The van der Waals surface area contributed by atoms with Crippen LogP contribution in [-0.2, 0) is 18.4 Å². The summed E-state index contributed by atoms with van der Waals surface area (Å²) in [4.78, 5) is 12.7. The highest BCUT2D eigenvalue weighted by Crippen LogP contribution is 2.60. The molecule has 0 spiro atoms. The highest BCUT2D eigenvalue weighted by Gasteiger charge is 2.40. The quantitative estimate of drug-likeness (QED) is 0.285. The molecule has 3 aromatic rings. The second-order valence-corrected chi connectivity index (χ2v) is 9.59. The van der Waals surface area contributed by atoms with E-state index in [1.165, 1.54) is 17.4 Å². The summed E-state index contributed by atoms with van der Waals surface area (Å²) < 4.78 is 24.5. The van der Waals surface area contributed by atoms with Gasteiger partial charge in [0.1, 0.15) is 0 Å². The fraction of sp³-hybridized carbons (Fsp3) is 0.227. The molecule has 0 saturated heterocycles. The number of carbonyl (C=O) groups is 1.